The molecule has 138 valence electrons. The molecule has 6 nitrogen and oxygen atoms in total. The minimum atomic E-state index is -0.666. The molecule has 0 amide bonds. The summed E-state index contributed by atoms with van der Waals surface area (Å²) in [5.41, 5.74) is 2.61. The zero-order valence-electron chi connectivity index (χ0n) is 14.5. The Hall–Kier alpha value is -2.61. The summed E-state index contributed by atoms with van der Waals surface area (Å²) in [5, 5.41) is 19.4. The molecular weight excluding hydrogens is 384 g/mol. The third kappa shape index (κ3) is 3.90. The topological polar surface area (TPSA) is 71.7 Å². The van der Waals surface area contributed by atoms with E-state index in [-0.39, 0.29) is 0 Å². The van der Waals surface area contributed by atoms with Crippen molar-refractivity contribution in [1.82, 2.24) is 14.6 Å². The zero-order chi connectivity index (χ0) is 18.8. The fourth-order valence-electron chi connectivity index (χ4n) is 2.68. The Kier molecular flexibility index (Phi) is 4.98. The number of aromatic nitrogens is 3. The number of halogens is 1. The van der Waals surface area contributed by atoms with E-state index in [1.165, 1.54) is 11.3 Å². The van der Waals surface area contributed by atoms with Crippen LogP contribution in [0.2, 0.25) is 5.02 Å². The van der Waals surface area contributed by atoms with E-state index >= 15 is 0 Å². The first-order valence-electron chi connectivity index (χ1n) is 8.30. The van der Waals surface area contributed by atoms with Crippen molar-refractivity contribution >= 4 is 33.0 Å². The minimum absolute atomic E-state index is 0.341. The van der Waals surface area contributed by atoms with Crippen LogP contribution >= 0.6 is 22.9 Å². The Bertz CT molecular complexity index is 1030. The van der Waals surface area contributed by atoms with Crippen molar-refractivity contribution in [3.05, 3.63) is 65.3 Å². The average Bonchev–Trinajstić information content (AvgIpc) is 3.25. The number of rotatable bonds is 6. The zero-order valence-corrected chi connectivity index (χ0v) is 16.0. The van der Waals surface area contributed by atoms with Crippen molar-refractivity contribution in [2.24, 2.45) is 0 Å². The van der Waals surface area contributed by atoms with Gasteiger partial charge in [0.1, 0.15) is 5.75 Å². The Morgan fingerprint density at radius 2 is 2.07 bits per heavy atom. The highest BCUT2D eigenvalue weighted by Crippen LogP contribution is 2.26. The maximum absolute atomic E-state index is 10.4. The lowest BCUT2D eigenvalue weighted by Crippen LogP contribution is -2.12. The Balaban J connectivity index is 1.45. The van der Waals surface area contributed by atoms with Gasteiger partial charge in [-0.2, -0.15) is 0 Å². The van der Waals surface area contributed by atoms with Crippen LogP contribution in [0.5, 0.6) is 5.75 Å². The maximum Gasteiger partial charge on any atom is 0.214 e. The largest absolute Gasteiger partial charge is 0.497 e. The van der Waals surface area contributed by atoms with Gasteiger partial charge in [-0.1, -0.05) is 47.2 Å². The van der Waals surface area contributed by atoms with Gasteiger partial charge in [0.25, 0.3) is 0 Å². The van der Waals surface area contributed by atoms with Crippen LogP contribution in [0.15, 0.2) is 54.7 Å². The molecule has 2 aromatic heterocycles. The molecule has 0 aliphatic rings. The third-order valence-electron chi connectivity index (χ3n) is 4.11. The molecule has 8 heteroatoms. The first kappa shape index (κ1) is 17.8. The number of anilines is 1. The number of aliphatic hydroxyl groups is 1. The summed E-state index contributed by atoms with van der Waals surface area (Å²) in [4.78, 5) is 5.37. The highest BCUT2D eigenvalue weighted by atomic mass is 35.5. The highest BCUT2D eigenvalue weighted by Gasteiger charge is 2.12. The van der Waals surface area contributed by atoms with Gasteiger partial charge >= 0.3 is 0 Å². The van der Waals surface area contributed by atoms with E-state index in [4.69, 9.17) is 16.3 Å². The van der Waals surface area contributed by atoms with Crippen LogP contribution < -0.4 is 10.1 Å². The number of imidazole rings is 1. The van der Waals surface area contributed by atoms with Gasteiger partial charge in [-0.15, -0.1) is 5.10 Å². The molecule has 0 bridgehead atoms. The average molecular weight is 401 g/mol. The normalized spacial score (nSPS) is 12.3. The summed E-state index contributed by atoms with van der Waals surface area (Å²) in [6.45, 7) is 0.341. The molecule has 0 aliphatic heterocycles. The van der Waals surface area contributed by atoms with Crippen LogP contribution in [-0.2, 0) is 0 Å². The summed E-state index contributed by atoms with van der Waals surface area (Å²) < 4.78 is 6.92. The summed E-state index contributed by atoms with van der Waals surface area (Å²) >= 11 is 7.36. The van der Waals surface area contributed by atoms with E-state index < -0.39 is 6.10 Å². The van der Waals surface area contributed by atoms with Gasteiger partial charge in [0, 0.05) is 17.1 Å². The van der Waals surface area contributed by atoms with Gasteiger partial charge in [0.05, 0.1) is 25.1 Å². The van der Waals surface area contributed by atoms with Gasteiger partial charge in [-0.25, -0.2) is 9.50 Å². The van der Waals surface area contributed by atoms with Gasteiger partial charge in [-0.3, -0.25) is 0 Å². The van der Waals surface area contributed by atoms with Crippen LogP contribution in [0.4, 0.5) is 5.13 Å². The van der Waals surface area contributed by atoms with Gasteiger partial charge in [0.2, 0.25) is 10.1 Å². The first-order valence-corrected chi connectivity index (χ1v) is 9.50. The van der Waals surface area contributed by atoms with Crippen LogP contribution in [0.25, 0.3) is 16.2 Å². The van der Waals surface area contributed by atoms with Crippen LogP contribution in [-0.4, -0.2) is 33.4 Å². The van der Waals surface area contributed by atoms with E-state index in [0.717, 1.165) is 21.8 Å². The monoisotopic (exact) mass is 400 g/mol. The number of hydrogen-bond acceptors (Lipinski definition) is 6. The lowest BCUT2D eigenvalue weighted by Gasteiger charge is -2.12. The number of nitrogens with zero attached hydrogens (tertiary/aromatic N) is 3. The van der Waals surface area contributed by atoms with Gasteiger partial charge in [0.15, 0.2) is 0 Å². The van der Waals surface area contributed by atoms with Gasteiger partial charge in [-0.05, 0) is 29.8 Å². The molecule has 0 aliphatic carbocycles. The molecule has 2 N–H and O–H groups in total. The fraction of sp³-hybridized carbons (Fsp3) is 0.158. The fourth-order valence-corrected chi connectivity index (χ4v) is 3.60. The lowest BCUT2D eigenvalue weighted by atomic mass is 10.1. The summed E-state index contributed by atoms with van der Waals surface area (Å²) in [6.07, 6.45) is 1.21. The maximum atomic E-state index is 10.4. The predicted octanol–water partition coefficient (Wildman–Crippen LogP) is 4.27. The molecule has 27 heavy (non-hydrogen) atoms. The molecule has 1 unspecified atom stereocenters. The number of methoxy groups -OCH3 is 1. The molecule has 0 saturated heterocycles. The number of nitrogens with one attached hydrogen (secondary N) is 1. The smallest absolute Gasteiger partial charge is 0.214 e. The van der Waals surface area contributed by atoms with Crippen LogP contribution in [0, 0.1) is 0 Å². The van der Waals surface area contributed by atoms with Crippen molar-refractivity contribution in [2.45, 2.75) is 6.10 Å². The first-order chi connectivity index (χ1) is 13.1. The Morgan fingerprint density at radius 1 is 1.26 bits per heavy atom. The van der Waals surface area contributed by atoms with E-state index in [9.17, 15) is 5.11 Å². The van der Waals surface area contributed by atoms with Crippen molar-refractivity contribution in [3.63, 3.8) is 0 Å². The summed E-state index contributed by atoms with van der Waals surface area (Å²) in [5.74, 6) is 0.717. The number of aliphatic hydroxyl groups excluding tert-OH is 1. The van der Waals surface area contributed by atoms with Crippen LogP contribution in [0.3, 0.4) is 0 Å². The van der Waals surface area contributed by atoms with E-state index in [1.54, 1.807) is 11.6 Å². The third-order valence-corrected chi connectivity index (χ3v) is 5.24. The molecule has 1 atom stereocenters. The summed E-state index contributed by atoms with van der Waals surface area (Å²) in [6, 6.07) is 14.9. The second-order valence-electron chi connectivity index (χ2n) is 5.94. The molecule has 4 rings (SSSR count). The van der Waals surface area contributed by atoms with Crippen molar-refractivity contribution < 1.29 is 9.84 Å². The molecule has 4 aromatic rings. The number of hydrogen-bond donors (Lipinski definition) is 2. The molecular formula is C19H17ClN4O2S. The van der Waals surface area contributed by atoms with Crippen molar-refractivity contribution in [1.29, 1.82) is 0 Å². The second-order valence-corrected chi connectivity index (χ2v) is 7.33. The molecule has 0 saturated carbocycles. The Labute approximate surface area is 165 Å². The minimum Gasteiger partial charge on any atom is -0.497 e. The number of ether oxygens (including phenoxy) is 1. The molecule has 0 radical (unpaired) electrons. The molecule has 2 heterocycles. The Morgan fingerprint density at radius 3 is 2.81 bits per heavy atom. The second kappa shape index (κ2) is 7.56. The molecule has 2 aromatic carbocycles. The van der Waals surface area contributed by atoms with E-state index in [1.807, 2.05) is 54.7 Å². The number of fused-ring (bicyclic) bond motifs is 1. The standard InChI is InChI=1S/C19H17ClN4O2S/c1-26-15-4-2-3-13(9-15)17(25)10-21-18-23-24-11-16(22-19(24)27-18)12-5-7-14(20)8-6-12/h2-9,11,17,25H,10H2,1H3,(H,21,23). The van der Waals surface area contributed by atoms with Crippen molar-refractivity contribution in [2.75, 3.05) is 19.0 Å². The number of benzene rings is 2. The molecule has 0 fully saturated rings. The summed E-state index contributed by atoms with van der Waals surface area (Å²) in [7, 11) is 1.60. The van der Waals surface area contributed by atoms with Gasteiger partial charge < -0.3 is 15.2 Å². The van der Waals surface area contributed by atoms with Crippen LogP contribution in [0.1, 0.15) is 11.7 Å². The van der Waals surface area contributed by atoms with Crippen molar-refractivity contribution in [3.8, 4) is 17.0 Å². The molecule has 0 spiro atoms. The SMILES string of the molecule is COc1cccc(C(O)CNc2nn3cc(-c4ccc(Cl)cc4)nc3s2)c1. The predicted molar refractivity (Wildman–Crippen MR) is 108 cm³/mol. The quantitative estimate of drug-likeness (QED) is 0.506. The van der Waals surface area contributed by atoms with E-state index in [0.29, 0.717) is 22.4 Å². The highest BCUT2D eigenvalue weighted by molar-refractivity contribution is 7.20. The lowest BCUT2D eigenvalue weighted by molar-refractivity contribution is 0.191. The van der Waals surface area contributed by atoms with E-state index in [2.05, 4.69) is 15.4 Å².